The second-order valence-electron chi connectivity index (χ2n) is 6.21. The number of hydrogen-bond donors (Lipinski definition) is 2. The van der Waals surface area contributed by atoms with Gasteiger partial charge in [0.15, 0.2) is 0 Å². The maximum absolute atomic E-state index is 12.4. The van der Waals surface area contributed by atoms with Crippen molar-refractivity contribution >= 4 is 33.3 Å². The fourth-order valence-corrected chi connectivity index (χ4v) is 3.98. The van der Waals surface area contributed by atoms with Gasteiger partial charge in [0, 0.05) is 24.2 Å². The number of hydrogen-bond acceptors (Lipinski definition) is 5. The third-order valence-electron chi connectivity index (χ3n) is 4.09. The molecule has 0 saturated carbocycles. The number of aromatic nitrogens is 1. The Labute approximate surface area is 174 Å². The number of sulfonamides is 1. The number of aryl methyl sites for hydroxylation is 1. The predicted molar refractivity (Wildman–Crippen MR) is 115 cm³/mol. The molecule has 3 rings (SSSR count). The lowest BCUT2D eigenvalue weighted by atomic mass is 10.1. The molecule has 0 saturated heterocycles. The zero-order chi connectivity index (χ0) is 20.5. The minimum atomic E-state index is -3.63. The molecule has 150 valence electrons. The van der Waals surface area contributed by atoms with Crippen LogP contribution in [-0.2, 0) is 27.8 Å². The molecular formula is C21H21N3O3S2. The molecular weight excluding hydrogens is 406 g/mol. The lowest BCUT2D eigenvalue weighted by Crippen LogP contribution is -2.22. The van der Waals surface area contributed by atoms with Gasteiger partial charge in [-0.1, -0.05) is 42.5 Å². The molecule has 0 aliphatic rings. The molecule has 2 aromatic carbocycles. The molecule has 1 aromatic heterocycles. The summed E-state index contributed by atoms with van der Waals surface area (Å²) in [5.74, 6) is -0.0652. The zero-order valence-corrected chi connectivity index (χ0v) is 17.2. The van der Waals surface area contributed by atoms with Crippen molar-refractivity contribution in [1.29, 1.82) is 0 Å². The summed E-state index contributed by atoms with van der Waals surface area (Å²) in [5.41, 5.74) is 1.80. The van der Waals surface area contributed by atoms with Crippen molar-refractivity contribution in [2.45, 2.75) is 24.3 Å². The molecule has 0 unspecified atom stereocenters. The Morgan fingerprint density at radius 2 is 1.83 bits per heavy atom. The van der Waals surface area contributed by atoms with Crippen LogP contribution in [0.25, 0.3) is 6.08 Å². The highest BCUT2D eigenvalue weighted by Gasteiger charge is 2.12. The number of carbonyl (C=O) groups is 1. The van der Waals surface area contributed by atoms with Crippen molar-refractivity contribution in [2.75, 3.05) is 0 Å². The summed E-state index contributed by atoms with van der Waals surface area (Å²) in [6, 6.07) is 16.0. The Morgan fingerprint density at radius 1 is 1.07 bits per heavy atom. The minimum absolute atomic E-state index is 0.0652. The lowest BCUT2D eigenvalue weighted by Gasteiger charge is -2.06. The van der Waals surface area contributed by atoms with Crippen LogP contribution in [-0.4, -0.2) is 19.3 Å². The van der Waals surface area contributed by atoms with Crippen LogP contribution >= 0.6 is 11.3 Å². The van der Waals surface area contributed by atoms with E-state index in [0.717, 1.165) is 16.1 Å². The molecule has 0 fully saturated rings. The van der Waals surface area contributed by atoms with Gasteiger partial charge < -0.3 is 5.32 Å². The van der Waals surface area contributed by atoms with Crippen molar-refractivity contribution in [1.82, 2.24) is 15.0 Å². The van der Waals surface area contributed by atoms with Gasteiger partial charge in [0.1, 0.15) is 5.01 Å². The van der Waals surface area contributed by atoms with Crippen LogP contribution in [0.4, 0.5) is 0 Å². The van der Waals surface area contributed by atoms with Crippen LogP contribution < -0.4 is 10.0 Å². The molecule has 8 heteroatoms. The first-order valence-corrected chi connectivity index (χ1v) is 11.4. The minimum Gasteiger partial charge on any atom is -0.350 e. The smallest absolute Gasteiger partial charge is 0.261 e. The van der Waals surface area contributed by atoms with Gasteiger partial charge in [0.2, 0.25) is 5.91 Å². The van der Waals surface area contributed by atoms with Crippen molar-refractivity contribution in [3.63, 3.8) is 0 Å². The van der Waals surface area contributed by atoms with E-state index in [0.29, 0.717) is 19.4 Å². The Hall–Kier alpha value is -2.97. The third kappa shape index (κ3) is 6.55. The molecule has 3 aromatic rings. The summed E-state index contributed by atoms with van der Waals surface area (Å²) in [6.07, 6.45) is 5.66. The van der Waals surface area contributed by atoms with E-state index in [4.69, 9.17) is 0 Å². The van der Waals surface area contributed by atoms with Crippen molar-refractivity contribution in [3.8, 4) is 0 Å². The fourth-order valence-electron chi connectivity index (χ4n) is 2.55. The van der Waals surface area contributed by atoms with E-state index in [9.17, 15) is 13.2 Å². The topological polar surface area (TPSA) is 88.2 Å². The normalized spacial score (nSPS) is 11.4. The Morgan fingerprint density at radius 3 is 2.52 bits per heavy atom. The standard InChI is InChI=1S/C21H21N3O3S2/c25-20(23-16-21-22-14-15-28-21)11-8-18-6-9-19(10-7-18)29(26,27)24-13-12-17-4-2-1-3-5-17/h1-7,9-10,12-15,24H,8,11,16H2,(H,23,25). The van der Waals surface area contributed by atoms with E-state index in [1.165, 1.54) is 17.5 Å². The van der Waals surface area contributed by atoms with E-state index in [1.54, 1.807) is 36.5 Å². The van der Waals surface area contributed by atoms with Gasteiger partial charge >= 0.3 is 0 Å². The summed E-state index contributed by atoms with van der Waals surface area (Å²) in [6.45, 7) is 0.426. The molecule has 1 heterocycles. The van der Waals surface area contributed by atoms with Gasteiger partial charge in [0.25, 0.3) is 10.0 Å². The molecule has 6 nitrogen and oxygen atoms in total. The molecule has 0 atom stereocenters. The average molecular weight is 428 g/mol. The maximum atomic E-state index is 12.4. The van der Waals surface area contributed by atoms with Crippen molar-refractivity contribution < 1.29 is 13.2 Å². The van der Waals surface area contributed by atoms with E-state index >= 15 is 0 Å². The van der Waals surface area contributed by atoms with Gasteiger partial charge in [-0.25, -0.2) is 13.4 Å². The number of nitrogens with zero attached hydrogens (tertiary/aromatic N) is 1. The van der Waals surface area contributed by atoms with Gasteiger partial charge in [-0.15, -0.1) is 11.3 Å². The van der Waals surface area contributed by atoms with Crippen LogP contribution in [0.2, 0.25) is 0 Å². The Bertz CT molecular complexity index is 1050. The summed E-state index contributed by atoms with van der Waals surface area (Å²) in [4.78, 5) is 16.2. The van der Waals surface area contributed by atoms with Crippen LogP contribution in [0, 0.1) is 0 Å². The predicted octanol–water partition coefficient (Wildman–Crippen LogP) is 3.34. The number of nitrogens with one attached hydrogen (secondary N) is 2. The summed E-state index contributed by atoms with van der Waals surface area (Å²) >= 11 is 1.49. The number of amides is 1. The second-order valence-corrected chi connectivity index (χ2v) is 8.90. The highest BCUT2D eigenvalue weighted by Crippen LogP contribution is 2.12. The molecule has 0 radical (unpaired) electrons. The summed E-state index contributed by atoms with van der Waals surface area (Å²) in [7, 11) is -3.63. The van der Waals surface area contributed by atoms with E-state index in [-0.39, 0.29) is 10.8 Å². The Kier molecular flexibility index (Phi) is 7.15. The summed E-state index contributed by atoms with van der Waals surface area (Å²) < 4.78 is 27.2. The quantitative estimate of drug-likeness (QED) is 0.548. The lowest BCUT2D eigenvalue weighted by molar-refractivity contribution is -0.121. The number of carbonyl (C=O) groups excluding carboxylic acids is 1. The van der Waals surface area contributed by atoms with Gasteiger partial charge in [0.05, 0.1) is 11.4 Å². The van der Waals surface area contributed by atoms with E-state index in [1.807, 2.05) is 35.7 Å². The molecule has 0 aliphatic carbocycles. The van der Waals surface area contributed by atoms with Crippen molar-refractivity contribution in [2.24, 2.45) is 0 Å². The van der Waals surface area contributed by atoms with Gasteiger partial charge in [-0.05, 0) is 35.8 Å². The van der Waals surface area contributed by atoms with Crippen LogP contribution in [0.1, 0.15) is 22.6 Å². The highest BCUT2D eigenvalue weighted by atomic mass is 32.2. The fraction of sp³-hybridized carbons (Fsp3) is 0.143. The van der Waals surface area contributed by atoms with Gasteiger partial charge in [-0.2, -0.15) is 0 Å². The molecule has 0 aliphatic heterocycles. The number of benzene rings is 2. The van der Waals surface area contributed by atoms with Crippen LogP contribution in [0.5, 0.6) is 0 Å². The molecule has 29 heavy (non-hydrogen) atoms. The maximum Gasteiger partial charge on any atom is 0.261 e. The Balaban J connectivity index is 1.49. The number of rotatable bonds is 9. The van der Waals surface area contributed by atoms with E-state index < -0.39 is 10.0 Å². The first kappa shape index (κ1) is 20.8. The molecule has 0 spiro atoms. The molecule has 0 bridgehead atoms. The van der Waals surface area contributed by atoms with Crippen LogP contribution in [0.15, 0.2) is 77.3 Å². The first-order valence-electron chi connectivity index (χ1n) is 9.01. The average Bonchev–Trinajstić information content (AvgIpc) is 3.25. The summed E-state index contributed by atoms with van der Waals surface area (Å²) in [5, 5.41) is 5.55. The first-order chi connectivity index (χ1) is 14.0. The SMILES string of the molecule is O=C(CCc1ccc(S(=O)(=O)NC=Cc2ccccc2)cc1)NCc1nccs1. The second kappa shape index (κ2) is 9.99. The van der Waals surface area contributed by atoms with E-state index in [2.05, 4.69) is 15.0 Å². The monoisotopic (exact) mass is 427 g/mol. The third-order valence-corrected chi connectivity index (χ3v) is 6.21. The van der Waals surface area contributed by atoms with Crippen LogP contribution in [0.3, 0.4) is 0 Å². The molecule has 1 amide bonds. The largest absolute Gasteiger partial charge is 0.350 e. The zero-order valence-electron chi connectivity index (χ0n) is 15.6. The molecule has 2 N–H and O–H groups in total. The van der Waals surface area contributed by atoms with Crippen molar-refractivity contribution in [3.05, 3.63) is 88.5 Å². The highest BCUT2D eigenvalue weighted by molar-refractivity contribution is 7.89. The number of thiazole rings is 1. The van der Waals surface area contributed by atoms with Gasteiger partial charge in [-0.3, -0.25) is 9.52 Å².